The molecule has 9 nitrogen and oxygen atoms in total. The number of anilines is 1. The SMILES string of the molecule is CCOc1ccc(N(CC(=O)N(Cc2cccc(OC)c2)[C@@H](Cc2ccccc2)C(=O)NC2CCCCC2)S(=O)(=O)c2ccc(Cl)cc2)cc1. The number of nitrogens with one attached hydrogen (secondary N) is 1. The molecule has 1 aliphatic carbocycles. The molecule has 0 heterocycles. The van der Waals surface area contributed by atoms with Crippen molar-refractivity contribution in [2.45, 2.75) is 69.0 Å². The molecule has 0 aliphatic heterocycles. The van der Waals surface area contributed by atoms with E-state index in [2.05, 4.69) is 5.32 Å². The summed E-state index contributed by atoms with van der Waals surface area (Å²) in [5.74, 6) is 0.347. The fourth-order valence-electron chi connectivity index (χ4n) is 6.20. The molecule has 1 saturated carbocycles. The van der Waals surface area contributed by atoms with E-state index in [1.165, 1.54) is 29.2 Å². The second-order valence-corrected chi connectivity index (χ2v) is 14.6. The molecule has 1 N–H and O–H groups in total. The van der Waals surface area contributed by atoms with Crippen LogP contribution in [-0.2, 0) is 32.6 Å². The minimum Gasteiger partial charge on any atom is -0.497 e. The second kappa shape index (κ2) is 17.4. The Morgan fingerprint density at radius 1 is 0.860 bits per heavy atom. The summed E-state index contributed by atoms with van der Waals surface area (Å²) >= 11 is 6.10. The Morgan fingerprint density at radius 2 is 1.54 bits per heavy atom. The van der Waals surface area contributed by atoms with Crippen molar-refractivity contribution in [3.63, 3.8) is 0 Å². The monoisotopic (exact) mass is 717 g/mol. The number of carbonyl (C=O) groups is 2. The van der Waals surface area contributed by atoms with Crippen molar-refractivity contribution in [1.82, 2.24) is 10.2 Å². The molecular weight excluding hydrogens is 674 g/mol. The third kappa shape index (κ3) is 9.57. The van der Waals surface area contributed by atoms with Crippen LogP contribution in [0.1, 0.15) is 50.2 Å². The van der Waals surface area contributed by atoms with Gasteiger partial charge in [-0.2, -0.15) is 0 Å². The predicted octanol–water partition coefficient (Wildman–Crippen LogP) is 7.03. The summed E-state index contributed by atoms with van der Waals surface area (Å²) in [6.45, 7) is 1.78. The molecule has 1 aliphatic rings. The number of nitrogens with zero attached hydrogens (tertiary/aromatic N) is 2. The van der Waals surface area contributed by atoms with Gasteiger partial charge in [0.05, 0.1) is 24.3 Å². The van der Waals surface area contributed by atoms with Gasteiger partial charge in [-0.3, -0.25) is 13.9 Å². The third-order valence-electron chi connectivity index (χ3n) is 8.83. The van der Waals surface area contributed by atoms with E-state index in [-0.39, 0.29) is 35.5 Å². The van der Waals surface area contributed by atoms with Gasteiger partial charge in [0, 0.05) is 24.0 Å². The molecule has 264 valence electrons. The van der Waals surface area contributed by atoms with Gasteiger partial charge >= 0.3 is 0 Å². The fourth-order valence-corrected chi connectivity index (χ4v) is 7.74. The first-order chi connectivity index (χ1) is 24.2. The minimum absolute atomic E-state index is 0.00827. The number of sulfonamides is 1. The Bertz CT molecular complexity index is 1820. The first-order valence-electron chi connectivity index (χ1n) is 17.0. The van der Waals surface area contributed by atoms with Gasteiger partial charge in [0.15, 0.2) is 0 Å². The Labute approximate surface area is 300 Å². The summed E-state index contributed by atoms with van der Waals surface area (Å²) in [5, 5.41) is 3.61. The number of hydrogen-bond acceptors (Lipinski definition) is 6. The van der Waals surface area contributed by atoms with E-state index in [0.29, 0.717) is 23.1 Å². The first-order valence-corrected chi connectivity index (χ1v) is 18.8. The highest BCUT2D eigenvalue weighted by Crippen LogP contribution is 2.28. The van der Waals surface area contributed by atoms with Gasteiger partial charge in [-0.15, -0.1) is 0 Å². The van der Waals surface area contributed by atoms with Gasteiger partial charge in [0.2, 0.25) is 11.8 Å². The lowest BCUT2D eigenvalue weighted by molar-refractivity contribution is -0.140. The van der Waals surface area contributed by atoms with Gasteiger partial charge in [-0.1, -0.05) is 73.3 Å². The van der Waals surface area contributed by atoms with Crippen LogP contribution < -0.4 is 19.1 Å². The first kappa shape index (κ1) is 36.7. The summed E-state index contributed by atoms with van der Waals surface area (Å²) in [6.07, 6.45) is 5.17. The molecule has 0 saturated heterocycles. The molecule has 1 atom stereocenters. The summed E-state index contributed by atoms with van der Waals surface area (Å²) in [6, 6.07) is 28.3. The van der Waals surface area contributed by atoms with E-state index in [1.807, 2.05) is 55.5 Å². The number of carbonyl (C=O) groups excluding carboxylic acids is 2. The molecule has 0 bridgehead atoms. The highest BCUT2D eigenvalue weighted by Gasteiger charge is 2.35. The largest absolute Gasteiger partial charge is 0.497 e. The molecule has 11 heteroatoms. The van der Waals surface area contributed by atoms with E-state index in [9.17, 15) is 18.0 Å². The maximum Gasteiger partial charge on any atom is 0.264 e. The number of rotatable bonds is 15. The average molecular weight is 718 g/mol. The van der Waals surface area contributed by atoms with Gasteiger partial charge < -0.3 is 19.7 Å². The Morgan fingerprint density at radius 3 is 2.20 bits per heavy atom. The summed E-state index contributed by atoms with van der Waals surface area (Å²) in [7, 11) is -2.71. The van der Waals surface area contributed by atoms with Crippen molar-refractivity contribution in [2.75, 3.05) is 24.6 Å². The smallest absolute Gasteiger partial charge is 0.264 e. The van der Waals surface area contributed by atoms with Crippen molar-refractivity contribution in [3.8, 4) is 11.5 Å². The van der Waals surface area contributed by atoms with Crippen LogP contribution in [-0.4, -0.2) is 57.5 Å². The van der Waals surface area contributed by atoms with Crippen LogP contribution in [0.25, 0.3) is 0 Å². The predicted molar refractivity (Wildman–Crippen MR) is 196 cm³/mol. The molecule has 2 amide bonds. The quantitative estimate of drug-likeness (QED) is 0.142. The van der Waals surface area contributed by atoms with E-state index in [4.69, 9.17) is 21.1 Å². The van der Waals surface area contributed by atoms with E-state index >= 15 is 0 Å². The lowest BCUT2D eigenvalue weighted by atomic mass is 9.94. The van der Waals surface area contributed by atoms with Crippen molar-refractivity contribution in [1.29, 1.82) is 0 Å². The summed E-state index contributed by atoms with van der Waals surface area (Å²) in [5.41, 5.74) is 1.87. The molecule has 5 rings (SSSR count). The van der Waals surface area contributed by atoms with Crippen LogP contribution in [0.3, 0.4) is 0 Å². The lowest BCUT2D eigenvalue weighted by Crippen LogP contribution is -2.55. The average Bonchev–Trinajstić information content (AvgIpc) is 3.13. The zero-order valence-electron chi connectivity index (χ0n) is 28.5. The van der Waals surface area contributed by atoms with E-state index in [0.717, 1.165) is 47.5 Å². The number of benzene rings is 4. The van der Waals surface area contributed by atoms with Crippen molar-refractivity contribution in [2.24, 2.45) is 0 Å². The maximum absolute atomic E-state index is 14.8. The number of hydrogen-bond donors (Lipinski definition) is 1. The van der Waals surface area contributed by atoms with Gasteiger partial charge in [-0.05, 0) is 91.6 Å². The molecule has 0 aromatic heterocycles. The molecule has 50 heavy (non-hydrogen) atoms. The van der Waals surface area contributed by atoms with Crippen LogP contribution in [0, 0.1) is 0 Å². The third-order valence-corrected chi connectivity index (χ3v) is 10.9. The van der Waals surface area contributed by atoms with Crippen LogP contribution >= 0.6 is 11.6 Å². The van der Waals surface area contributed by atoms with Crippen LogP contribution in [0.15, 0.2) is 108 Å². The topological polar surface area (TPSA) is 105 Å². The minimum atomic E-state index is -4.27. The van der Waals surface area contributed by atoms with Crippen LogP contribution in [0.2, 0.25) is 5.02 Å². The van der Waals surface area contributed by atoms with Gasteiger partial charge in [0.25, 0.3) is 10.0 Å². The van der Waals surface area contributed by atoms with Crippen molar-refractivity contribution >= 4 is 39.1 Å². The molecular formula is C39H44ClN3O6S. The Hall–Kier alpha value is -4.54. The Balaban J connectivity index is 1.57. The number of halogens is 1. The number of amides is 2. The normalized spacial score (nSPS) is 14.0. The standard InChI is InChI=1S/C39H44ClN3O6S/c1-3-49-34-21-19-33(20-22-34)43(50(46,47)36-23-17-31(40)18-24-36)28-38(44)42(27-30-13-10-16-35(25-30)48-2)37(26-29-11-6-4-7-12-29)39(45)41-32-14-8-5-9-15-32/h4,6-7,10-13,16-25,32,37H,3,5,8-9,14-15,26-28H2,1-2H3,(H,41,45)/t37-/m0/s1. The molecule has 0 unspecified atom stereocenters. The van der Waals surface area contributed by atoms with Crippen molar-refractivity contribution in [3.05, 3.63) is 119 Å². The molecule has 0 spiro atoms. The highest BCUT2D eigenvalue weighted by atomic mass is 35.5. The van der Waals surface area contributed by atoms with E-state index < -0.39 is 28.5 Å². The number of methoxy groups -OCH3 is 1. The molecule has 4 aromatic carbocycles. The summed E-state index contributed by atoms with van der Waals surface area (Å²) in [4.78, 5) is 30.5. The van der Waals surface area contributed by atoms with Crippen LogP contribution in [0.5, 0.6) is 11.5 Å². The number of ether oxygens (including phenoxy) is 2. The molecule has 4 aromatic rings. The highest BCUT2D eigenvalue weighted by molar-refractivity contribution is 7.92. The zero-order chi connectivity index (χ0) is 35.5. The molecule has 0 radical (unpaired) electrons. The van der Waals surface area contributed by atoms with Crippen molar-refractivity contribution < 1.29 is 27.5 Å². The Kier molecular flexibility index (Phi) is 12.8. The lowest BCUT2D eigenvalue weighted by Gasteiger charge is -2.35. The van der Waals surface area contributed by atoms with Gasteiger partial charge in [0.1, 0.15) is 24.1 Å². The zero-order valence-corrected chi connectivity index (χ0v) is 30.0. The van der Waals surface area contributed by atoms with Crippen LogP contribution in [0.4, 0.5) is 5.69 Å². The second-order valence-electron chi connectivity index (χ2n) is 12.3. The fraction of sp³-hybridized carbons (Fsp3) is 0.333. The van der Waals surface area contributed by atoms with Gasteiger partial charge in [-0.25, -0.2) is 8.42 Å². The summed E-state index contributed by atoms with van der Waals surface area (Å²) < 4.78 is 40.7. The maximum atomic E-state index is 14.8. The molecule has 1 fully saturated rings. The van der Waals surface area contributed by atoms with E-state index in [1.54, 1.807) is 37.4 Å².